The molecule has 0 aliphatic carbocycles. The minimum absolute atomic E-state index is 0.123. The highest BCUT2D eigenvalue weighted by atomic mass is 79.9. The highest BCUT2D eigenvalue weighted by molar-refractivity contribution is 9.10. The molecular formula is C31H38BrN3O4S. The SMILES string of the molecule is Cc1cccc(C)c1N(CC(=O)N(Cc1cccc(Br)c1)[C@@H](Cc1ccccc1)C(=O)NC(C)(C)C)S(C)(=O)=O. The van der Waals surface area contributed by atoms with E-state index in [1.54, 1.807) is 0 Å². The molecule has 3 rings (SSSR count). The van der Waals surface area contributed by atoms with Crippen molar-refractivity contribution in [1.82, 2.24) is 10.2 Å². The molecule has 40 heavy (non-hydrogen) atoms. The number of benzene rings is 3. The first kappa shape index (κ1) is 31.4. The van der Waals surface area contributed by atoms with Gasteiger partial charge in [0.2, 0.25) is 21.8 Å². The minimum Gasteiger partial charge on any atom is -0.350 e. The Morgan fingerprint density at radius 2 is 1.48 bits per heavy atom. The minimum atomic E-state index is -3.83. The monoisotopic (exact) mass is 627 g/mol. The van der Waals surface area contributed by atoms with Crippen LogP contribution in [0.15, 0.2) is 77.3 Å². The molecule has 1 atom stereocenters. The van der Waals surface area contributed by atoms with Crippen molar-refractivity contribution in [3.8, 4) is 0 Å². The number of para-hydroxylation sites is 1. The predicted octanol–water partition coefficient (Wildman–Crippen LogP) is 5.39. The fraction of sp³-hybridized carbons (Fsp3) is 0.355. The molecule has 0 unspecified atom stereocenters. The molecule has 3 aromatic carbocycles. The van der Waals surface area contributed by atoms with Crippen LogP contribution < -0.4 is 9.62 Å². The van der Waals surface area contributed by atoms with Crippen molar-refractivity contribution in [1.29, 1.82) is 0 Å². The molecule has 1 N–H and O–H groups in total. The zero-order valence-corrected chi connectivity index (χ0v) is 26.3. The number of halogens is 1. The van der Waals surface area contributed by atoms with Crippen LogP contribution in [0.3, 0.4) is 0 Å². The molecule has 0 saturated heterocycles. The summed E-state index contributed by atoms with van der Waals surface area (Å²) in [5.74, 6) is -0.782. The van der Waals surface area contributed by atoms with Crippen LogP contribution in [0, 0.1) is 13.8 Å². The van der Waals surface area contributed by atoms with Crippen molar-refractivity contribution in [2.24, 2.45) is 0 Å². The van der Waals surface area contributed by atoms with E-state index in [-0.39, 0.29) is 18.9 Å². The van der Waals surface area contributed by atoms with Gasteiger partial charge in [-0.1, -0.05) is 76.6 Å². The molecule has 0 saturated carbocycles. The third-order valence-corrected chi connectivity index (χ3v) is 7.98. The van der Waals surface area contributed by atoms with Crippen molar-refractivity contribution in [2.75, 3.05) is 17.1 Å². The Morgan fingerprint density at radius 1 is 0.900 bits per heavy atom. The van der Waals surface area contributed by atoms with Crippen LogP contribution >= 0.6 is 15.9 Å². The van der Waals surface area contributed by atoms with E-state index in [0.29, 0.717) is 5.69 Å². The van der Waals surface area contributed by atoms with Crippen molar-refractivity contribution in [3.05, 3.63) is 99.5 Å². The van der Waals surface area contributed by atoms with Gasteiger partial charge in [0.15, 0.2) is 0 Å². The van der Waals surface area contributed by atoms with E-state index in [1.165, 1.54) is 4.90 Å². The fourth-order valence-corrected chi connectivity index (χ4v) is 6.02. The first-order chi connectivity index (χ1) is 18.7. The number of hydrogen-bond donors (Lipinski definition) is 1. The first-order valence-corrected chi connectivity index (χ1v) is 15.7. The van der Waals surface area contributed by atoms with Gasteiger partial charge in [-0.2, -0.15) is 0 Å². The molecule has 214 valence electrons. The van der Waals surface area contributed by atoms with Gasteiger partial charge < -0.3 is 10.2 Å². The van der Waals surface area contributed by atoms with Gasteiger partial charge in [0.1, 0.15) is 12.6 Å². The van der Waals surface area contributed by atoms with Crippen LogP contribution in [0.4, 0.5) is 5.69 Å². The van der Waals surface area contributed by atoms with E-state index < -0.39 is 34.1 Å². The average Bonchev–Trinajstić information content (AvgIpc) is 2.84. The van der Waals surface area contributed by atoms with E-state index >= 15 is 0 Å². The average molecular weight is 629 g/mol. The van der Waals surface area contributed by atoms with Gasteiger partial charge in [0.05, 0.1) is 11.9 Å². The molecule has 7 nitrogen and oxygen atoms in total. The van der Waals surface area contributed by atoms with Crippen LogP contribution in [0.5, 0.6) is 0 Å². The smallest absolute Gasteiger partial charge is 0.244 e. The molecule has 0 aliphatic heterocycles. The Balaban J connectivity index is 2.11. The lowest BCUT2D eigenvalue weighted by Crippen LogP contribution is -2.56. The number of amides is 2. The lowest BCUT2D eigenvalue weighted by Gasteiger charge is -2.35. The fourth-order valence-electron chi connectivity index (χ4n) is 4.61. The first-order valence-electron chi connectivity index (χ1n) is 13.1. The van der Waals surface area contributed by atoms with Gasteiger partial charge in [-0.05, 0) is 69.0 Å². The van der Waals surface area contributed by atoms with Crippen molar-refractivity contribution >= 4 is 43.5 Å². The molecular weight excluding hydrogens is 590 g/mol. The van der Waals surface area contributed by atoms with E-state index in [9.17, 15) is 18.0 Å². The summed E-state index contributed by atoms with van der Waals surface area (Å²) < 4.78 is 28.1. The van der Waals surface area contributed by atoms with E-state index in [0.717, 1.165) is 37.3 Å². The Kier molecular flexibility index (Phi) is 10.2. The molecule has 0 fully saturated rings. The lowest BCUT2D eigenvalue weighted by atomic mass is 10.0. The molecule has 9 heteroatoms. The maximum Gasteiger partial charge on any atom is 0.244 e. The summed E-state index contributed by atoms with van der Waals surface area (Å²) in [5.41, 5.74) is 3.11. The summed E-state index contributed by atoms with van der Waals surface area (Å²) in [6.07, 6.45) is 1.36. The Labute approximate surface area is 246 Å². The Bertz CT molecular complexity index is 1430. The number of sulfonamides is 1. The number of hydrogen-bond acceptors (Lipinski definition) is 4. The van der Waals surface area contributed by atoms with Crippen LogP contribution in [-0.4, -0.2) is 49.5 Å². The summed E-state index contributed by atoms with van der Waals surface area (Å²) in [7, 11) is -3.83. The van der Waals surface area contributed by atoms with Crippen LogP contribution in [-0.2, 0) is 32.6 Å². The van der Waals surface area contributed by atoms with Gasteiger partial charge in [-0.3, -0.25) is 13.9 Å². The van der Waals surface area contributed by atoms with Crippen molar-refractivity contribution < 1.29 is 18.0 Å². The van der Waals surface area contributed by atoms with Crippen LogP contribution in [0.25, 0.3) is 0 Å². The second kappa shape index (κ2) is 13.0. The number of aryl methyl sites for hydroxylation is 2. The van der Waals surface area contributed by atoms with Gasteiger partial charge >= 0.3 is 0 Å². The number of carbonyl (C=O) groups is 2. The number of nitrogens with one attached hydrogen (secondary N) is 1. The van der Waals surface area contributed by atoms with Crippen LogP contribution in [0.2, 0.25) is 0 Å². The topological polar surface area (TPSA) is 86.8 Å². The van der Waals surface area contributed by atoms with Crippen molar-refractivity contribution in [3.63, 3.8) is 0 Å². The summed E-state index contributed by atoms with van der Waals surface area (Å²) in [5, 5.41) is 3.03. The second-order valence-electron chi connectivity index (χ2n) is 11.1. The Hall–Kier alpha value is -3.17. The summed E-state index contributed by atoms with van der Waals surface area (Å²) >= 11 is 3.49. The molecule has 3 aromatic rings. The van der Waals surface area contributed by atoms with Crippen molar-refractivity contribution in [2.45, 2.75) is 59.2 Å². The van der Waals surface area contributed by atoms with Crippen LogP contribution in [0.1, 0.15) is 43.0 Å². The standard InChI is InChI=1S/C31H38BrN3O4S/c1-22-12-10-13-23(2)29(22)35(40(6,38)39)21-28(36)34(20-25-16-11-17-26(32)18-25)27(30(37)33-31(3,4)5)19-24-14-8-7-9-15-24/h7-18,27H,19-21H2,1-6H3,(H,33,37)/t27-/m0/s1. The third kappa shape index (κ3) is 8.66. The van der Waals surface area contributed by atoms with Gasteiger partial charge in [-0.15, -0.1) is 0 Å². The maximum atomic E-state index is 14.2. The normalized spacial score (nSPS) is 12.5. The van der Waals surface area contributed by atoms with Gasteiger partial charge in [-0.25, -0.2) is 8.42 Å². The number of carbonyl (C=O) groups excluding carboxylic acids is 2. The number of rotatable bonds is 10. The Morgan fingerprint density at radius 3 is 2.02 bits per heavy atom. The zero-order valence-electron chi connectivity index (χ0n) is 23.9. The highest BCUT2D eigenvalue weighted by Crippen LogP contribution is 2.27. The molecule has 2 amide bonds. The molecule has 0 heterocycles. The summed E-state index contributed by atoms with van der Waals surface area (Å²) in [6, 6.07) is 21.6. The highest BCUT2D eigenvalue weighted by Gasteiger charge is 2.34. The molecule has 0 spiro atoms. The second-order valence-corrected chi connectivity index (χ2v) is 13.9. The number of anilines is 1. The predicted molar refractivity (Wildman–Crippen MR) is 165 cm³/mol. The van der Waals surface area contributed by atoms with E-state index in [2.05, 4.69) is 21.2 Å². The molecule has 0 aromatic heterocycles. The van der Waals surface area contributed by atoms with Gasteiger partial charge in [0.25, 0.3) is 0 Å². The maximum absolute atomic E-state index is 14.2. The zero-order chi connectivity index (χ0) is 29.7. The molecule has 0 radical (unpaired) electrons. The van der Waals surface area contributed by atoms with E-state index in [4.69, 9.17) is 0 Å². The summed E-state index contributed by atoms with van der Waals surface area (Å²) in [6.45, 7) is 8.98. The number of nitrogens with zero attached hydrogens (tertiary/aromatic N) is 2. The summed E-state index contributed by atoms with van der Waals surface area (Å²) in [4.78, 5) is 29.5. The van der Waals surface area contributed by atoms with E-state index in [1.807, 2.05) is 107 Å². The quantitative estimate of drug-likeness (QED) is 0.327. The lowest BCUT2D eigenvalue weighted by molar-refractivity contribution is -0.140. The molecule has 0 aliphatic rings. The molecule has 0 bridgehead atoms. The van der Waals surface area contributed by atoms with Gasteiger partial charge in [0, 0.05) is 23.0 Å². The largest absolute Gasteiger partial charge is 0.350 e. The third-order valence-electron chi connectivity index (χ3n) is 6.38.